The van der Waals surface area contributed by atoms with Gasteiger partial charge in [0, 0.05) is 6.42 Å². The average molecular weight is 535 g/mol. The zero-order valence-corrected chi connectivity index (χ0v) is 20.5. The van der Waals surface area contributed by atoms with Gasteiger partial charge >= 0.3 is 27.6 Å². The molecule has 1 heterocycles. The number of ketones is 1. The van der Waals surface area contributed by atoms with E-state index in [0.29, 0.717) is 10.5 Å². The molecule has 2 rings (SSSR count). The third-order valence-corrected chi connectivity index (χ3v) is 5.52. The number of Topliss-reactive ketones (excluding diaryl/α,β-unsaturated/α-hetero) is 1. The SMILES string of the molecule is CCOC(=O)C1C(=O)C(OS(=O)(=O)C(F)(F)F)=CC(=O)N1C(Cc1ccccc1)C(=O)OC(C)(C)C. The summed E-state index contributed by atoms with van der Waals surface area (Å²) in [5.41, 5.74) is -6.49. The molecule has 1 aliphatic rings. The Morgan fingerprint density at radius 3 is 2.17 bits per heavy atom. The molecule has 0 radical (unpaired) electrons. The average Bonchev–Trinajstić information content (AvgIpc) is 2.73. The molecular formula is C22H24F3NO9S. The highest BCUT2D eigenvalue weighted by atomic mass is 32.2. The number of esters is 2. The largest absolute Gasteiger partial charge is 0.534 e. The van der Waals surface area contributed by atoms with Crippen molar-refractivity contribution in [1.82, 2.24) is 4.90 Å². The van der Waals surface area contributed by atoms with E-state index in [0.717, 1.165) is 0 Å². The first-order valence-corrected chi connectivity index (χ1v) is 11.9. The molecule has 0 saturated carbocycles. The quantitative estimate of drug-likeness (QED) is 0.212. The van der Waals surface area contributed by atoms with Gasteiger partial charge in [-0.25, -0.2) is 9.59 Å². The van der Waals surface area contributed by atoms with Crippen molar-refractivity contribution in [2.45, 2.75) is 57.3 Å². The standard InChI is InChI=1S/C22H24F3NO9S/c1-5-33-20(30)17-18(28)15(35-36(31,32)22(23,24)25)12-16(27)26(17)14(19(29)34-21(2,3)4)11-13-9-7-6-8-10-13/h6-10,12,14,17H,5,11H2,1-4H3. The van der Waals surface area contributed by atoms with Crippen LogP contribution < -0.4 is 0 Å². The summed E-state index contributed by atoms with van der Waals surface area (Å²) >= 11 is 0. The molecule has 0 aliphatic carbocycles. The summed E-state index contributed by atoms with van der Waals surface area (Å²) in [5, 5.41) is 0. The van der Waals surface area contributed by atoms with E-state index in [9.17, 15) is 40.8 Å². The van der Waals surface area contributed by atoms with E-state index in [1.807, 2.05) is 0 Å². The Balaban J connectivity index is 2.63. The van der Waals surface area contributed by atoms with Crippen LogP contribution in [-0.4, -0.2) is 66.7 Å². The van der Waals surface area contributed by atoms with E-state index in [-0.39, 0.29) is 19.1 Å². The van der Waals surface area contributed by atoms with Crippen LogP contribution in [0.15, 0.2) is 42.2 Å². The summed E-state index contributed by atoms with van der Waals surface area (Å²) in [6.07, 6.45) is -0.0841. The molecule has 1 aromatic rings. The molecule has 1 aliphatic heterocycles. The Bertz CT molecular complexity index is 1160. The molecule has 1 aromatic carbocycles. The number of carbonyl (C=O) groups excluding carboxylic acids is 4. The fourth-order valence-electron chi connectivity index (χ4n) is 3.15. The van der Waals surface area contributed by atoms with Crippen molar-refractivity contribution >= 4 is 33.7 Å². The van der Waals surface area contributed by atoms with Crippen LogP contribution in [0.5, 0.6) is 0 Å². The van der Waals surface area contributed by atoms with Crippen LogP contribution in [0.25, 0.3) is 0 Å². The number of hydrogen-bond donors (Lipinski definition) is 0. The van der Waals surface area contributed by atoms with Gasteiger partial charge in [-0.05, 0) is 33.3 Å². The van der Waals surface area contributed by atoms with Gasteiger partial charge in [0.15, 0.2) is 11.8 Å². The summed E-state index contributed by atoms with van der Waals surface area (Å²) in [5.74, 6) is -6.94. The molecule has 14 heteroatoms. The molecule has 0 saturated heterocycles. The predicted octanol–water partition coefficient (Wildman–Crippen LogP) is 2.03. The summed E-state index contributed by atoms with van der Waals surface area (Å²) in [4.78, 5) is 52.3. The predicted molar refractivity (Wildman–Crippen MR) is 116 cm³/mol. The van der Waals surface area contributed by atoms with Crippen molar-refractivity contribution < 1.29 is 54.4 Å². The lowest BCUT2D eigenvalue weighted by Crippen LogP contribution is -2.61. The molecule has 2 atom stereocenters. The maximum Gasteiger partial charge on any atom is 0.534 e. The number of amides is 1. The Labute approximate surface area is 205 Å². The molecule has 0 bridgehead atoms. The minimum Gasteiger partial charge on any atom is -0.464 e. The number of benzene rings is 1. The van der Waals surface area contributed by atoms with E-state index in [4.69, 9.17) is 9.47 Å². The van der Waals surface area contributed by atoms with E-state index in [1.54, 1.807) is 30.3 Å². The molecule has 36 heavy (non-hydrogen) atoms. The lowest BCUT2D eigenvalue weighted by Gasteiger charge is -2.37. The van der Waals surface area contributed by atoms with Crippen LogP contribution in [0.1, 0.15) is 33.3 Å². The van der Waals surface area contributed by atoms with Gasteiger partial charge in [-0.15, -0.1) is 0 Å². The molecule has 0 aromatic heterocycles. The highest BCUT2D eigenvalue weighted by Crippen LogP contribution is 2.30. The van der Waals surface area contributed by atoms with Gasteiger partial charge in [0.05, 0.1) is 12.7 Å². The summed E-state index contributed by atoms with van der Waals surface area (Å²) in [6, 6.07) is 4.18. The number of halogens is 3. The van der Waals surface area contributed by atoms with Crippen molar-refractivity contribution in [1.29, 1.82) is 0 Å². The third-order valence-electron chi connectivity index (χ3n) is 4.56. The molecule has 198 valence electrons. The monoisotopic (exact) mass is 535 g/mol. The van der Waals surface area contributed by atoms with Crippen LogP contribution in [0.4, 0.5) is 13.2 Å². The number of ether oxygens (including phenoxy) is 2. The number of rotatable bonds is 8. The van der Waals surface area contributed by atoms with Gasteiger partial charge in [0.2, 0.25) is 5.78 Å². The van der Waals surface area contributed by atoms with Crippen LogP contribution in [0, 0.1) is 0 Å². The van der Waals surface area contributed by atoms with Gasteiger partial charge in [-0.2, -0.15) is 21.6 Å². The maximum atomic E-state index is 13.1. The Kier molecular flexibility index (Phi) is 8.55. The van der Waals surface area contributed by atoms with Crippen LogP contribution in [-0.2, 0) is 49.4 Å². The zero-order chi connectivity index (χ0) is 27.5. The molecule has 0 fully saturated rings. The second-order valence-corrected chi connectivity index (χ2v) is 10.0. The fraction of sp³-hybridized carbons (Fsp3) is 0.455. The van der Waals surface area contributed by atoms with Crippen LogP contribution in [0.2, 0.25) is 0 Å². The fourth-order valence-corrected chi connectivity index (χ4v) is 3.62. The number of alkyl halides is 3. The van der Waals surface area contributed by atoms with E-state index < -0.39 is 62.7 Å². The van der Waals surface area contributed by atoms with Gasteiger partial charge in [0.25, 0.3) is 5.91 Å². The van der Waals surface area contributed by atoms with E-state index in [2.05, 4.69) is 4.18 Å². The Morgan fingerprint density at radius 2 is 1.67 bits per heavy atom. The van der Waals surface area contributed by atoms with Crippen LogP contribution in [0.3, 0.4) is 0 Å². The van der Waals surface area contributed by atoms with Gasteiger partial charge in [-0.3, -0.25) is 9.59 Å². The normalized spacial score (nSPS) is 17.8. The highest BCUT2D eigenvalue weighted by Gasteiger charge is 2.53. The first-order valence-electron chi connectivity index (χ1n) is 10.5. The van der Waals surface area contributed by atoms with Crippen molar-refractivity contribution in [2.75, 3.05) is 6.61 Å². The molecular weight excluding hydrogens is 511 g/mol. The second kappa shape index (κ2) is 10.7. The summed E-state index contributed by atoms with van der Waals surface area (Å²) in [6.45, 7) is 5.65. The summed E-state index contributed by atoms with van der Waals surface area (Å²) in [7, 11) is -6.35. The van der Waals surface area contributed by atoms with Crippen LogP contribution >= 0.6 is 0 Å². The second-order valence-electron chi connectivity index (χ2n) is 8.50. The summed E-state index contributed by atoms with van der Waals surface area (Å²) < 4.78 is 75.3. The number of hydrogen-bond acceptors (Lipinski definition) is 9. The number of nitrogens with zero attached hydrogens (tertiary/aromatic N) is 1. The first-order chi connectivity index (χ1) is 16.5. The van der Waals surface area contributed by atoms with Crippen molar-refractivity contribution in [3.63, 3.8) is 0 Å². The molecule has 2 unspecified atom stereocenters. The lowest BCUT2D eigenvalue weighted by atomic mass is 9.97. The topological polar surface area (TPSA) is 133 Å². The molecule has 1 amide bonds. The van der Waals surface area contributed by atoms with E-state index >= 15 is 0 Å². The molecule has 0 spiro atoms. The smallest absolute Gasteiger partial charge is 0.464 e. The zero-order valence-electron chi connectivity index (χ0n) is 19.7. The minimum absolute atomic E-state index is 0.170. The van der Waals surface area contributed by atoms with E-state index in [1.165, 1.54) is 27.7 Å². The lowest BCUT2D eigenvalue weighted by molar-refractivity contribution is -0.170. The minimum atomic E-state index is -6.35. The van der Waals surface area contributed by atoms with Gasteiger partial charge in [-0.1, -0.05) is 30.3 Å². The molecule has 0 N–H and O–H groups in total. The maximum absolute atomic E-state index is 13.1. The van der Waals surface area contributed by atoms with Crippen molar-refractivity contribution in [3.8, 4) is 0 Å². The third kappa shape index (κ3) is 6.83. The van der Waals surface area contributed by atoms with Crippen molar-refractivity contribution in [3.05, 3.63) is 47.7 Å². The van der Waals surface area contributed by atoms with Gasteiger partial charge < -0.3 is 18.6 Å². The molecule has 10 nitrogen and oxygen atoms in total. The Hall–Kier alpha value is -3.42. The number of carbonyl (C=O) groups is 4. The highest BCUT2D eigenvalue weighted by molar-refractivity contribution is 7.87. The van der Waals surface area contributed by atoms with Crippen molar-refractivity contribution in [2.24, 2.45) is 0 Å². The Morgan fingerprint density at radius 1 is 1.08 bits per heavy atom. The first kappa shape index (κ1) is 28.8. The van der Waals surface area contributed by atoms with Gasteiger partial charge in [0.1, 0.15) is 11.6 Å².